The summed E-state index contributed by atoms with van der Waals surface area (Å²) in [6.45, 7) is 5.36. The molecule has 0 bridgehead atoms. The van der Waals surface area contributed by atoms with Crippen LogP contribution >= 0.6 is 0 Å². The third-order valence-electron chi connectivity index (χ3n) is 5.77. The summed E-state index contributed by atoms with van der Waals surface area (Å²) in [4.78, 5) is 14.7. The molecule has 1 aromatic heterocycles. The van der Waals surface area contributed by atoms with E-state index in [2.05, 4.69) is 10.5 Å². The van der Waals surface area contributed by atoms with Crippen LogP contribution < -0.4 is 10.2 Å². The molecule has 174 valence electrons. The summed E-state index contributed by atoms with van der Waals surface area (Å²) in [6.07, 6.45) is 0. The van der Waals surface area contributed by atoms with Crippen molar-refractivity contribution in [3.8, 4) is 0 Å². The molecule has 2 aromatic carbocycles. The molecule has 33 heavy (non-hydrogen) atoms. The molecule has 0 saturated carbocycles. The lowest BCUT2D eigenvalue weighted by molar-refractivity contribution is 0.0950. The van der Waals surface area contributed by atoms with Crippen LogP contribution in [-0.2, 0) is 16.6 Å². The van der Waals surface area contributed by atoms with Crippen LogP contribution in [0.5, 0.6) is 0 Å². The van der Waals surface area contributed by atoms with Crippen LogP contribution in [0.1, 0.15) is 27.4 Å². The quantitative estimate of drug-likeness (QED) is 0.593. The van der Waals surface area contributed by atoms with Crippen molar-refractivity contribution < 1.29 is 22.1 Å². The Labute approximate surface area is 192 Å². The van der Waals surface area contributed by atoms with Crippen LogP contribution in [0.25, 0.3) is 0 Å². The topological polar surface area (TPSA) is 95.8 Å². The van der Waals surface area contributed by atoms with Crippen LogP contribution in [0.4, 0.5) is 10.1 Å². The minimum absolute atomic E-state index is 0.0720. The molecule has 0 aliphatic carbocycles. The fourth-order valence-corrected chi connectivity index (χ4v) is 5.28. The van der Waals surface area contributed by atoms with Gasteiger partial charge in [0.25, 0.3) is 5.91 Å². The van der Waals surface area contributed by atoms with E-state index in [0.29, 0.717) is 37.6 Å². The number of halogens is 1. The molecule has 1 fully saturated rings. The highest BCUT2D eigenvalue weighted by Crippen LogP contribution is 2.22. The minimum Gasteiger partial charge on any atom is -0.369 e. The van der Waals surface area contributed by atoms with Crippen LogP contribution in [0.15, 0.2) is 57.9 Å². The zero-order chi connectivity index (χ0) is 23.6. The van der Waals surface area contributed by atoms with Crippen molar-refractivity contribution >= 4 is 21.6 Å². The molecule has 1 aliphatic rings. The van der Waals surface area contributed by atoms with Crippen molar-refractivity contribution in [3.63, 3.8) is 0 Å². The lowest BCUT2D eigenvalue weighted by Crippen LogP contribution is -2.48. The maximum absolute atomic E-state index is 13.2. The SMILES string of the molecule is Cc1noc(C)c1CNC(=O)c1cccc(S(=O)(=O)N2CCN(c3ccc(F)cc3)CC2)c1. The minimum atomic E-state index is -3.76. The summed E-state index contributed by atoms with van der Waals surface area (Å²) < 4.78 is 46.1. The number of aromatic nitrogens is 1. The molecule has 0 unspecified atom stereocenters. The average molecular weight is 473 g/mol. The fourth-order valence-electron chi connectivity index (χ4n) is 3.81. The summed E-state index contributed by atoms with van der Waals surface area (Å²) in [5.74, 6) is -0.0623. The Morgan fingerprint density at radius 2 is 1.79 bits per heavy atom. The molecule has 1 N–H and O–H groups in total. The molecule has 8 nitrogen and oxygen atoms in total. The predicted octanol–water partition coefficient (Wildman–Crippen LogP) is 2.87. The van der Waals surface area contributed by atoms with Crippen LogP contribution in [0, 0.1) is 19.7 Å². The Balaban J connectivity index is 1.42. The Morgan fingerprint density at radius 1 is 1.09 bits per heavy atom. The van der Waals surface area contributed by atoms with E-state index >= 15 is 0 Å². The lowest BCUT2D eigenvalue weighted by atomic mass is 10.2. The van der Waals surface area contributed by atoms with Crippen molar-refractivity contribution in [2.45, 2.75) is 25.3 Å². The number of nitrogens with one attached hydrogen (secondary N) is 1. The van der Waals surface area contributed by atoms with Gasteiger partial charge in [-0.2, -0.15) is 4.31 Å². The van der Waals surface area contributed by atoms with Crippen LogP contribution in [-0.4, -0.2) is 50.0 Å². The number of hydrogen-bond donors (Lipinski definition) is 1. The van der Waals surface area contributed by atoms with Crippen LogP contribution in [0.2, 0.25) is 0 Å². The van der Waals surface area contributed by atoms with E-state index in [1.54, 1.807) is 38.1 Å². The smallest absolute Gasteiger partial charge is 0.251 e. The third kappa shape index (κ3) is 4.91. The fraction of sp³-hybridized carbons (Fsp3) is 0.304. The number of sulfonamides is 1. The first-order valence-electron chi connectivity index (χ1n) is 10.6. The Kier molecular flexibility index (Phi) is 6.48. The zero-order valence-electron chi connectivity index (χ0n) is 18.4. The first-order valence-corrected chi connectivity index (χ1v) is 12.0. The largest absolute Gasteiger partial charge is 0.369 e. The van der Waals surface area contributed by atoms with Gasteiger partial charge in [0.2, 0.25) is 10.0 Å². The normalized spacial score (nSPS) is 14.9. The predicted molar refractivity (Wildman–Crippen MR) is 121 cm³/mol. The van der Waals surface area contributed by atoms with Crippen molar-refractivity contribution in [2.75, 3.05) is 31.1 Å². The zero-order valence-corrected chi connectivity index (χ0v) is 19.2. The number of piperazine rings is 1. The molecule has 0 spiro atoms. The van der Waals surface area contributed by atoms with Gasteiger partial charge in [-0.15, -0.1) is 0 Å². The lowest BCUT2D eigenvalue weighted by Gasteiger charge is -2.35. The second-order valence-electron chi connectivity index (χ2n) is 7.88. The molecule has 3 aromatic rings. The first kappa shape index (κ1) is 22.9. The van der Waals surface area contributed by atoms with Gasteiger partial charge in [-0.25, -0.2) is 12.8 Å². The van der Waals surface area contributed by atoms with E-state index in [0.717, 1.165) is 11.3 Å². The number of benzene rings is 2. The summed E-state index contributed by atoms with van der Waals surface area (Å²) in [5.41, 5.74) is 2.60. The van der Waals surface area contributed by atoms with E-state index in [9.17, 15) is 17.6 Å². The van der Waals surface area contributed by atoms with Gasteiger partial charge in [0.15, 0.2) is 0 Å². The second kappa shape index (κ2) is 9.32. The van der Waals surface area contributed by atoms with Crippen molar-refractivity contribution in [3.05, 3.63) is 76.9 Å². The number of carbonyl (C=O) groups is 1. The maximum atomic E-state index is 13.2. The number of amides is 1. The van der Waals surface area contributed by atoms with Crippen LogP contribution in [0.3, 0.4) is 0 Å². The van der Waals surface area contributed by atoms with E-state index in [-0.39, 0.29) is 28.7 Å². The van der Waals surface area contributed by atoms with Crippen molar-refractivity contribution in [2.24, 2.45) is 0 Å². The average Bonchev–Trinajstić information content (AvgIpc) is 3.15. The Bertz CT molecular complexity index is 1230. The molecule has 4 rings (SSSR count). The van der Waals surface area contributed by atoms with Gasteiger partial charge in [-0.3, -0.25) is 4.79 Å². The van der Waals surface area contributed by atoms with E-state index < -0.39 is 10.0 Å². The van der Waals surface area contributed by atoms with E-state index in [4.69, 9.17) is 4.52 Å². The molecular formula is C23H25FN4O4S. The molecule has 0 radical (unpaired) electrons. The Hall–Kier alpha value is -3.24. The van der Waals surface area contributed by atoms with Crippen molar-refractivity contribution in [1.82, 2.24) is 14.8 Å². The van der Waals surface area contributed by atoms with Gasteiger partial charge < -0.3 is 14.7 Å². The number of nitrogens with zero attached hydrogens (tertiary/aromatic N) is 3. The highest BCUT2D eigenvalue weighted by molar-refractivity contribution is 7.89. The van der Waals surface area contributed by atoms with Gasteiger partial charge in [-0.05, 0) is 56.3 Å². The maximum Gasteiger partial charge on any atom is 0.251 e. The monoisotopic (exact) mass is 472 g/mol. The highest BCUT2D eigenvalue weighted by atomic mass is 32.2. The molecule has 2 heterocycles. The van der Waals surface area contributed by atoms with Crippen molar-refractivity contribution in [1.29, 1.82) is 0 Å². The second-order valence-corrected chi connectivity index (χ2v) is 9.82. The van der Waals surface area contributed by atoms with Gasteiger partial charge in [0, 0.05) is 49.5 Å². The number of rotatable bonds is 6. The number of carbonyl (C=O) groups excluding carboxylic acids is 1. The number of aryl methyl sites for hydroxylation is 2. The first-order chi connectivity index (χ1) is 15.8. The standard InChI is InChI=1S/C23H25FN4O4S/c1-16-22(17(2)32-26-16)15-25-23(29)18-4-3-5-21(14-18)33(30,31)28-12-10-27(11-13-28)20-8-6-19(24)7-9-20/h3-9,14H,10-13,15H2,1-2H3,(H,25,29). The van der Waals surface area contributed by atoms with E-state index in [1.165, 1.54) is 28.6 Å². The Morgan fingerprint density at radius 3 is 2.42 bits per heavy atom. The molecule has 1 aliphatic heterocycles. The summed E-state index contributed by atoms with van der Waals surface area (Å²) in [6, 6.07) is 12.2. The highest BCUT2D eigenvalue weighted by Gasteiger charge is 2.29. The van der Waals surface area contributed by atoms with Gasteiger partial charge >= 0.3 is 0 Å². The summed E-state index contributed by atoms with van der Waals surface area (Å²) in [5, 5.41) is 6.65. The van der Waals surface area contributed by atoms with Gasteiger partial charge in [0.05, 0.1) is 10.6 Å². The molecular weight excluding hydrogens is 447 g/mol. The summed E-state index contributed by atoms with van der Waals surface area (Å²) in [7, 11) is -3.76. The molecule has 1 saturated heterocycles. The molecule has 10 heteroatoms. The van der Waals surface area contributed by atoms with Gasteiger partial charge in [0.1, 0.15) is 11.6 Å². The summed E-state index contributed by atoms with van der Waals surface area (Å²) >= 11 is 0. The molecule has 0 atom stereocenters. The third-order valence-corrected chi connectivity index (χ3v) is 7.67. The van der Waals surface area contributed by atoms with E-state index in [1.807, 2.05) is 4.90 Å². The number of anilines is 1. The molecule has 1 amide bonds. The number of hydrogen-bond acceptors (Lipinski definition) is 6. The van der Waals surface area contributed by atoms with Gasteiger partial charge in [-0.1, -0.05) is 11.2 Å².